The first kappa shape index (κ1) is 14.8. The summed E-state index contributed by atoms with van der Waals surface area (Å²) in [6.45, 7) is 3.55. The Morgan fingerprint density at radius 1 is 1.45 bits per heavy atom. The lowest BCUT2D eigenvalue weighted by Gasteiger charge is -2.21. The van der Waals surface area contributed by atoms with Crippen molar-refractivity contribution < 1.29 is 19.1 Å². The molecule has 0 aliphatic carbocycles. The van der Waals surface area contributed by atoms with E-state index in [1.807, 2.05) is 6.92 Å². The fraction of sp³-hybridized carbons (Fsp3) is 0.538. The van der Waals surface area contributed by atoms with Crippen molar-refractivity contribution in [3.05, 3.63) is 11.1 Å². The Morgan fingerprint density at radius 3 is 2.91 bits per heavy atom. The first-order valence-electron chi connectivity index (χ1n) is 7.00. The zero-order valence-corrected chi connectivity index (χ0v) is 12.9. The van der Waals surface area contributed by atoms with E-state index in [2.05, 4.69) is 10.3 Å². The predicted octanol–water partition coefficient (Wildman–Crippen LogP) is 0.443. The van der Waals surface area contributed by atoms with Gasteiger partial charge in [0.15, 0.2) is 5.13 Å². The molecule has 8 nitrogen and oxygen atoms in total. The Balaban J connectivity index is 1.56. The van der Waals surface area contributed by atoms with Crippen molar-refractivity contribution in [2.75, 3.05) is 31.6 Å². The molecule has 0 saturated carbocycles. The summed E-state index contributed by atoms with van der Waals surface area (Å²) >= 11 is 1.28. The molecule has 2 aliphatic heterocycles. The average Bonchev–Trinajstić information content (AvgIpc) is 3.19. The molecule has 3 rings (SSSR count). The number of ether oxygens (including phenoxy) is 1. The summed E-state index contributed by atoms with van der Waals surface area (Å²) < 4.78 is 4.90. The van der Waals surface area contributed by atoms with Crippen molar-refractivity contribution in [3.8, 4) is 0 Å². The SMILES string of the molecule is Cc1csc(NC(=O)C(=O)N2CCC(N3CCOC3=O)C2)n1. The summed E-state index contributed by atoms with van der Waals surface area (Å²) in [5.41, 5.74) is 0.793. The van der Waals surface area contributed by atoms with Crippen LogP contribution in [0.1, 0.15) is 12.1 Å². The van der Waals surface area contributed by atoms with Crippen LogP contribution in [-0.2, 0) is 14.3 Å². The molecule has 1 atom stereocenters. The van der Waals surface area contributed by atoms with Crippen molar-refractivity contribution in [1.29, 1.82) is 0 Å². The van der Waals surface area contributed by atoms with E-state index >= 15 is 0 Å². The Bertz CT molecular complexity index is 617. The number of carbonyl (C=O) groups is 3. The smallest absolute Gasteiger partial charge is 0.410 e. The van der Waals surface area contributed by atoms with E-state index in [9.17, 15) is 14.4 Å². The Morgan fingerprint density at radius 2 is 2.27 bits per heavy atom. The molecular weight excluding hydrogens is 308 g/mol. The maximum Gasteiger partial charge on any atom is 0.410 e. The number of nitrogens with one attached hydrogen (secondary N) is 1. The number of anilines is 1. The highest BCUT2D eigenvalue weighted by atomic mass is 32.1. The van der Waals surface area contributed by atoms with E-state index in [0.29, 0.717) is 37.8 Å². The molecule has 2 saturated heterocycles. The summed E-state index contributed by atoms with van der Waals surface area (Å²) in [5, 5.41) is 4.71. The second kappa shape index (κ2) is 5.91. The van der Waals surface area contributed by atoms with Gasteiger partial charge < -0.3 is 9.64 Å². The lowest BCUT2D eigenvalue weighted by Crippen LogP contribution is -2.42. The maximum absolute atomic E-state index is 12.2. The van der Waals surface area contributed by atoms with Crippen LogP contribution in [0.2, 0.25) is 0 Å². The predicted molar refractivity (Wildman–Crippen MR) is 78.5 cm³/mol. The molecule has 0 radical (unpaired) electrons. The standard InChI is InChI=1S/C13H16N4O4S/c1-8-7-22-12(14-8)15-10(18)11(19)16-3-2-9(6-16)17-4-5-21-13(17)20/h7,9H,2-6H2,1H3,(H,14,15,18). The van der Waals surface area contributed by atoms with Crippen LogP contribution < -0.4 is 5.32 Å². The third kappa shape index (κ3) is 2.89. The van der Waals surface area contributed by atoms with Crippen LogP contribution in [0.25, 0.3) is 0 Å². The number of amides is 3. The zero-order valence-electron chi connectivity index (χ0n) is 12.1. The topological polar surface area (TPSA) is 91.8 Å². The summed E-state index contributed by atoms with van der Waals surface area (Å²) in [5.74, 6) is -1.29. The highest BCUT2D eigenvalue weighted by Crippen LogP contribution is 2.20. The number of cyclic esters (lactones) is 1. The van der Waals surface area contributed by atoms with E-state index in [1.165, 1.54) is 16.2 Å². The first-order chi connectivity index (χ1) is 10.5. The first-order valence-corrected chi connectivity index (χ1v) is 7.88. The average molecular weight is 324 g/mol. The number of carbonyl (C=O) groups excluding carboxylic acids is 3. The van der Waals surface area contributed by atoms with Crippen LogP contribution >= 0.6 is 11.3 Å². The molecule has 0 spiro atoms. The zero-order chi connectivity index (χ0) is 15.7. The summed E-state index contributed by atoms with van der Waals surface area (Å²) in [7, 11) is 0. The molecule has 3 heterocycles. The Labute approximate surface area is 131 Å². The molecule has 0 bridgehead atoms. The van der Waals surface area contributed by atoms with Crippen LogP contribution in [0.15, 0.2) is 5.38 Å². The fourth-order valence-corrected chi connectivity index (χ4v) is 3.31. The normalized spacial score (nSPS) is 21.1. The van der Waals surface area contributed by atoms with Gasteiger partial charge in [0.1, 0.15) is 6.61 Å². The van der Waals surface area contributed by atoms with Crippen molar-refractivity contribution >= 4 is 34.4 Å². The molecule has 0 aromatic carbocycles. The lowest BCUT2D eigenvalue weighted by molar-refractivity contribution is -0.142. The van der Waals surface area contributed by atoms with Crippen LogP contribution in [-0.4, -0.2) is 65.0 Å². The molecule has 1 N–H and O–H groups in total. The molecule has 3 amide bonds. The highest BCUT2D eigenvalue weighted by molar-refractivity contribution is 7.14. The minimum atomic E-state index is -0.695. The Hall–Kier alpha value is -2.16. The van der Waals surface area contributed by atoms with E-state index in [-0.39, 0.29) is 12.1 Å². The number of aromatic nitrogens is 1. The van der Waals surface area contributed by atoms with Crippen LogP contribution in [0, 0.1) is 6.92 Å². The number of nitrogens with zero attached hydrogens (tertiary/aromatic N) is 3. The number of hydrogen-bond acceptors (Lipinski definition) is 6. The van der Waals surface area contributed by atoms with E-state index in [1.54, 1.807) is 10.3 Å². The molecule has 118 valence electrons. The van der Waals surface area contributed by atoms with Gasteiger partial charge in [-0.15, -0.1) is 11.3 Å². The molecule has 1 unspecified atom stereocenters. The molecule has 2 aliphatic rings. The number of rotatable bonds is 2. The number of aryl methyl sites for hydroxylation is 1. The summed E-state index contributed by atoms with van der Waals surface area (Å²) in [4.78, 5) is 42.8. The van der Waals surface area contributed by atoms with E-state index in [4.69, 9.17) is 4.74 Å². The summed E-state index contributed by atoms with van der Waals surface area (Å²) in [6, 6.07) is -0.0751. The van der Waals surface area contributed by atoms with Gasteiger partial charge in [-0.05, 0) is 13.3 Å². The number of likely N-dealkylation sites (tertiary alicyclic amines) is 1. The van der Waals surface area contributed by atoms with Crippen molar-refractivity contribution in [1.82, 2.24) is 14.8 Å². The van der Waals surface area contributed by atoms with Crippen LogP contribution in [0.4, 0.5) is 9.93 Å². The quantitative estimate of drug-likeness (QED) is 0.797. The molecule has 2 fully saturated rings. The lowest BCUT2D eigenvalue weighted by atomic mass is 10.2. The molecular formula is C13H16N4O4S. The maximum atomic E-state index is 12.2. The van der Waals surface area contributed by atoms with Gasteiger partial charge in [0.25, 0.3) is 0 Å². The molecule has 22 heavy (non-hydrogen) atoms. The summed E-state index contributed by atoms with van der Waals surface area (Å²) in [6.07, 6.45) is 0.312. The van der Waals surface area contributed by atoms with Gasteiger partial charge in [0.05, 0.1) is 18.3 Å². The molecule has 9 heteroatoms. The number of hydrogen-bond donors (Lipinski definition) is 1. The van der Waals surface area contributed by atoms with Gasteiger partial charge in [-0.1, -0.05) is 0 Å². The van der Waals surface area contributed by atoms with Crippen molar-refractivity contribution in [3.63, 3.8) is 0 Å². The van der Waals surface area contributed by atoms with E-state index < -0.39 is 11.8 Å². The largest absolute Gasteiger partial charge is 0.448 e. The number of thiazole rings is 1. The van der Waals surface area contributed by atoms with Crippen molar-refractivity contribution in [2.45, 2.75) is 19.4 Å². The van der Waals surface area contributed by atoms with Gasteiger partial charge in [-0.25, -0.2) is 9.78 Å². The van der Waals surface area contributed by atoms with Gasteiger partial charge in [-0.2, -0.15) is 0 Å². The second-order valence-electron chi connectivity index (χ2n) is 5.25. The van der Waals surface area contributed by atoms with Crippen molar-refractivity contribution in [2.24, 2.45) is 0 Å². The molecule has 1 aromatic heterocycles. The van der Waals surface area contributed by atoms with Gasteiger partial charge in [-0.3, -0.25) is 19.8 Å². The third-order valence-corrected chi connectivity index (χ3v) is 4.59. The third-order valence-electron chi connectivity index (χ3n) is 3.72. The monoisotopic (exact) mass is 324 g/mol. The minimum Gasteiger partial charge on any atom is -0.448 e. The van der Waals surface area contributed by atoms with Crippen LogP contribution in [0.3, 0.4) is 0 Å². The van der Waals surface area contributed by atoms with Gasteiger partial charge in [0.2, 0.25) is 0 Å². The Kier molecular flexibility index (Phi) is 3.97. The fourth-order valence-electron chi connectivity index (χ4n) is 2.62. The van der Waals surface area contributed by atoms with Gasteiger partial charge >= 0.3 is 17.9 Å². The van der Waals surface area contributed by atoms with Gasteiger partial charge in [0, 0.05) is 18.5 Å². The molecule has 1 aromatic rings. The minimum absolute atomic E-state index is 0.0751. The highest BCUT2D eigenvalue weighted by Gasteiger charge is 2.37. The van der Waals surface area contributed by atoms with E-state index in [0.717, 1.165) is 5.69 Å². The second-order valence-corrected chi connectivity index (χ2v) is 6.11. The van der Waals surface area contributed by atoms with Crippen LogP contribution in [0.5, 0.6) is 0 Å².